The molecule has 0 bridgehead atoms. The number of anilines is 1. The van der Waals surface area contributed by atoms with E-state index in [0.29, 0.717) is 10.6 Å². The molecule has 1 aromatic carbocycles. The Morgan fingerprint density at radius 2 is 1.78 bits per heavy atom. The summed E-state index contributed by atoms with van der Waals surface area (Å²) in [5, 5.41) is 2.99. The molecule has 0 radical (unpaired) electrons. The molecule has 2 atom stereocenters. The summed E-state index contributed by atoms with van der Waals surface area (Å²) in [5.41, 5.74) is -0.463. The number of carbonyl (C=O) groups is 2. The van der Waals surface area contributed by atoms with Gasteiger partial charge in [0.15, 0.2) is 0 Å². The van der Waals surface area contributed by atoms with Crippen molar-refractivity contribution in [3.63, 3.8) is 0 Å². The van der Waals surface area contributed by atoms with Crippen LogP contribution in [0.15, 0.2) is 33.9 Å². The standard InChI is InChI=1S/C18H18ClN3O5/c1-4-27-17(25)13-11(9-5-7-10(19)8-6-9)12-14(20-15(13)23)21(2)18(26)22(3)16(12)24/h5-8,11,13H,4H2,1-3H3,(H,20,23)/t11-,13+/m0/s1. The molecule has 2 heterocycles. The van der Waals surface area contributed by atoms with Crippen LogP contribution in [0, 0.1) is 5.92 Å². The quantitative estimate of drug-likeness (QED) is 0.621. The molecule has 9 heteroatoms. The second kappa shape index (κ2) is 7.03. The summed E-state index contributed by atoms with van der Waals surface area (Å²) in [5.74, 6) is -3.46. The predicted molar refractivity (Wildman–Crippen MR) is 99.0 cm³/mol. The van der Waals surface area contributed by atoms with Crippen LogP contribution in [0.4, 0.5) is 5.82 Å². The number of benzene rings is 1. The first-order chi connectivity index (χ1) is 12.8. The van der Waals surface area contributed by atoms with Crippen LogP contribution >= 0.6 is 11.6 Å². The van der Waals surface area contributed by atoms with Crippen molar-refractivity contribution >= 4 is 29.3 Å². The number of halogens is 1. The molecule has 0 spiro atoms. The monoisotopic (exact) mass is 391 g/mol. The maximum Gasteiger partial charge on any atom is 0.332 e. The first-order valence-electron chi connectivity index (χ1n) is 8.30. The van der Waals surface area contributed by atoms with E-state index in [9.17, 15) is 19.2 Å². The van der Waals surface area contributed by atoms with E-state index >= 15 is 0 Å². The van der Waals surface area contributed by atoms with Gasteiger partial charge >= 0.3 is 11.7 Å². The Bertz CT molecular complexity index is 1040. The van der Waals surface area contributed by atoms with Crippen LogP contribution in [0.2, 0.25) is 5.02 Å². The summed E-state index contributed by atoms with van der Waals surface area (Å²) < 4.78 is 7.19. The second-order valence-electron chi connectivity index (χ2n) is 6.22. The summed E-state index contributed by atoms with van der Waals surface area (Å²) in [6.45, 7) is 1.72. The fourth-order valence-corrected chi connectivity index (χ4v) is 3.44. The van der Waals surface area contributed by atoms with E-state index < -0.39 is 35.0 Å². The number of fused-ring (bicyclic) bond motifs is 1. The van der Waals surface area contributed by atoms with Crippen LogP contribution < -0.4 is 16.6 Å². The zero-order valence-electron chi connectivity index (χ0n) is 15.0. The Labute approximate surface area is 159 Å². The van der Waals surface area contributed by atoms with Gasteiger partial charge in [-0.2, -0.15) is 0 Å². The molecule has 0 unspecified atom stereocenters. The molecule has 0 saturated carbocycles. The molecule has 8 nitrogen and oxygen atoms in total. The van der Waals surface area contributed by atoms with Gasteiger partial charge in [0, 0.05) is 25.0 Å². The third kappa shape index (κ3) is 3.06. The number of nitrogens with zero attached hydrogens (tertiary/aromatic N) is 2. The van der Waals surface area contributed by atoms with E-state index in [1.165, 1.54) is 18.7 Å². The van der Waals surface area contributed by atoms with Crippen LogP contribution in [0.3, 0.4) is 0 Å². The van der Waals surface area contributed by atoms with Crippen molar-refractivity contribution in [2.24, 2.45) is 20.0 Å². The Balaban J connectivity index is 2.34. The molecular weight excluding hydrogens is 374 g/mol. The summed E-state index contributed by atoms with van der Waals surface area (Å²) in [4.78, 5) is 50.4. The first kappa shape index (κ1) is 18.9. The van der Waals surface area contributed by atoms with Crippen LogP contribution in [-0.4, -0.2) is 27.6 Å². The van der Waals surface area contributed by atoms with Crippen LogP contribution in [-0.2, 0) is 28.4 Å². The minimum absolute atomic E-state index is 0.0774. The minimum Gasteiger partial charge on any atom is -0.465 e. The second-order valence-corrected chi connectivity index (χ2v) is 6.65. The van der Waals surface area contributed by atoms with Crippen molar-refractivity contribution in [1.82, 2.24) is 9.13 Å². The average molecular weight is 392 g/mol. The topological polar surface area (TPSA) is 99.4 Å². The highest BCUT2D eigenvalue weighted by Crippen LogP contribution is 2.39. The van der Waals surface area contributed by atoms with E-state index in [-0.39, 0.29) is 18.0 Å². The Morgan fingerprint density at radius 1 is 1.15 bits per heavy atom. The van der Waals surface area contributed by atoms with Gasteiger partial charge in [0.1, 0.15) is 11.7 Å². The summed E-state index contributed by atoms with van der Waals surface area (Å²) in [6.07, 6.45) is 0. The van der Waals surface area contributed by atoms with Gasteiger partial charge in [-0.15, -0.1) is 0 Å². The van der Waals surface area contributed by atoms with Gasteiger partial charge < -0.3 is 10.1 Å². The lowest BCUT2D eigenvalue weighted by Crippen LogP contribution is -2.49. The molecule has 1 aromatic heterocycles. The van der Waals surface area contributed by atoms with E-state index in [4.69, 9.17) is 16.3 Å². The van der Waals surface area contributed by atoms with Crippen molar-refractivity contribution in [3.8, 4) is 0 Å². The molecule has 1 amide bonds. The van der Waals surface area contributed by atoms with E-state index in [2.05, 4.69) is 5.32 Å². The summed E-state index contributed by atoms with van der Waals surface area (Å²) >= 11 is 5.95. The number of carbonyl (C=O) groups excluding carboxylic acids is 2. The fraction of sp³-hybridized carbons (Fsp3) is 0.333. The minimum atomic E-state index is -1.26. The Kier molecular flexibility index (Phi) is 4.93. The lowest BCUT2D eigenvalue weighted by molar-refractivity contribution is -0.151. The highest BCUT2D eigenvalue weighted by atomic mass is 35.5. The third-order valence-corrected chi connectivity index (χ3v) is 4.89. The van der Waals surface area contributed by atoms with Crippen molar-refractivity contribution in [2.75, 3.05) is 11.9 Å². The predicted octanol–water partition coefficient (Wildman–Crippen LogP) is 1.00. The van der Waals surface area contributed by atoms with E-state index in [0.717, 1.165) is 4.57 Å². The van der Waals surface area contributed by atoms with Gasteiger partial charge in [-0.3, -0.25) is 23.5 Å². The Morgan fingerprint density at radius 3 is 2.37 bits per heavy atom. The first-order valence-corrected chi connectivity index (χ1v) is 8.68. The smallest absolute Gasteiger partial charge is 0.332 e. The lowest BCUT2D eigenvalue weighted by atomic mass is 9.78. The third-order valence-electron chi connectivity index (χ3n) is 4.64. The molecule has 1 N–H and O–H groups in total. The van der Waals surface area contributed by atoms with Gasteiger partial charge in [-0.25, -0.2) is 4.79 Å². The SMILES string of the molecule is CCOC(=O)[C@H]1C(=O)Nc2c(c(=O)n(C)c(=O)n2C)[C@@H]1c1ccc(Cl)cc1. The number of esters is 1. The highest BCUT2D eigenvalue weighted by Gasteiger charge is 2.45. The van der Waals surface area contributed by atoms with Gasteiger partial charge in [-0.05, 0) is 24.6 Å². The molecule has 3 rings (SSSR count). The normalized spacial score (nSPS) is 18.6. The lowest BCUT2D eigenvalue weighted by Gasteiger charge is -2.32. The van der Waals surface area contributed by atoms with E-state index in [1.54, 1.807) is 31.2 Å². The van der Waals surface area contributed by atoms with Gasteiger partial charge in [0.25, 0.3) is 5.56 Å². The number of amides is 1. The number of hydrogen-bond donors (Lipinski definition) is 1. The van der Waals surface area contributed by atoms with Crippen molar-refractivity contribution in [2.45, 2.75) is 12.8 Å². The van der Waals surface area contributed by atoms with Gasteiger partial charge in [0.2, 0.25) is 5.91 Å². The van der Waals surface area contributed by atoms with Crippen LogP contribution in [0.1, 0.15) is 24.0 Å². The fourth-order valence-electron chi connectivity index (χ4n) is 3.32. The zero-order valence-corrected chi connectivity index (χ0v) is 15.7. The number of hydrogen-bond acceptors (Lipinski definition) is 5. The van der Waals surface area contributed by atoms with Gasteiger partial charge in [0.05, 0.1) is 12.2 Å². The van der Waals surface area contributed by atoms with Gasteiger partial charge in [-0.1, -0.05) is 23.7 Å². The van der Waals surface area contributed by atoms with Crippen LogP contribution in [0.25, 0.3) is 0 Å². The zero-order chi connectivity index (χ0) is 19.9. The van der Waals surface area contributed by atoms with Crippen molar-refractivity contribution < 1.29 is 14.3 Å². The largest absolute Gasteiger partial charge is 0.465 e. The molecule has 142 valence electrons. The number of nitrogens with one attached hydrogen (secondary N) is 1. The summed E-state index contributed by atoms with van der Waals surface area (Å²) in [6, 6.07) is 6.51. The van der Waals surface area contributed by atoms with Crippen LogP contribution in [0.5, 0.6) is 0 Å². The van der Waals surface area contributed by atoms with Crippen molar-refractivity contribution in [3.05, 3.63) is 61.3 Å². The molecular formula is C18H18ClN3O5. The molecule has 1 aliphatic rings. The molecule has 1 aliphatic heterocycles. The van der Waals surface area contributed by atoms with E-state index in [1.807, 2.05) is 0 Å². The molecule has 27 heavy (non-hydrogen) atoms. The Hall–Kier alpha value is -2.87. The summed E-state index contributed by atoms with van der Waals surface area (Å²) in [7, 11) is 2.80. The van der Waals surface area contributed by atoms with Crippen molar-refractivity contribution in [1.29, 1.82) is 0 Å². The molecule has 0 fully saturated rings. The maximum atomic E-state index is 12.9. The molecule has 2 aromatic rings. The number of aromatic nitrogens is 2. The number of rotatable bonds is 3. The molecule has 0 saturated heterocycles. The molecule has 0 aliphatic carbocycles. The average Bonchev–Trinajstić information content (AvgIpc) is 2.64. The number of ether oxygens (including phenoxy) is 1. The maximum absolute atomic E-state index is 12.9. The highest BCUT2D eigenvalue weighted by molar-refractivity contribution is 6.30.